The lowest BCUT2D eigenvalue weighted by atomic mass is 9.70. The predicted octanol–water partition coefficient (Wildman–Crippen LogP) is 5.49. The molecule has 10 nitrogen and oxygen atoms in total. The summed E-state index contributed by atoms with van der Waals surface area (Å²) in [6, 6.07) is 2.17. The quantitative estimate of drug-likeness (QED) is 0.0872. The summed E-state index contributed by atoms with van der Waals surface area (Å²) in [5.41, 5.74) is -0.387. The molecule has 0 aliphatic heterocycles. The van der Waals surface area contributed by atoms with E-state index in [1.54, 1.807) is 64.0 Å². The third kappa shape index (κ3) is 12.4. The molecule has 234 valence electrons. The lowest BCUT2D eigenvalue weighted by Crippen LogP contribution is -2.43. The normalized spacial score (nSPS) is 13.3. The molecule has 0 saturated carbocycles. The Bertz CT molecular complexity index is 535. The largest absolute Gasteiger partial charge is 0.500 e. The topological polar surface area (TPSA) is 100 Å². The highest BCUT2D eigenvalue weighted by molar-refractivity contribution is 6.61. The van der Waals surface area contributed by atoms with Gasteiger partial charge in [0.15, 0.2) is 0 Å². The van der Waals surface area contributed by atoms with Gasteiger partial charge in [0.25, 0.3) is 0 Å². The smallest absolute Gasteiger partial charge is 0.377 e. The molecule has 0 saturated heterocycles. The molecule has 0 spiro atoms. The second kappa shape index (κ2) is 20.8. The molecule has 0 aromatic rings. The van der Waals surface area contributed by atoms with E-state index in [2.05, 4.69) is 6.92 Å². The molecule has 0 aromatic carbocycles. The van der Waals surface area contributed by atoms with Crippen LogP contribution in [0.2, 0.25) is 18.1 Å². The summed E-state index contributed by atoms with van der Waals surface area (Å²) < 4.78 is 50.4. The minimum Gasteiger partial charge on any atom is -0.377 e. The molecular formula is C26H58O10Si3. The van der Waals surface area contributed by atoms with Crippen molar-refractivity contribution in [2.24, 2.45) is 5.41 Å². The Kier molecular flexibility index (Phi) is 20.8. The number of unbranched alkanes of at least 4 members (excludes halogenated alkanes) is 3. The lowest BCUT2D eigenvalue weighted by Gasteiger charge is -2.34. The van der Waals surface area contributed by atoms with Gasteiger partial charge in [0.05, 0.1) is 0 Å². The van der Waals surface area contributed by atoms with Crippen molar-refractivity contribution in [1.29, 1.82) is 0 Å². The van der Waals surface area contributed by atoms with Crippen LogP contribution in [0, 0.1) is 5.41 Å². The summed E-state index contributed by atoms with van der Waals surface area (Å²) in [6.07, 6.45) is 9.26. The van der Waals surface area contributed by atoms with Crippen LogP contribution in [-0.2, 0) is 44.6 Å². The molecule has 0 atom stereocenters. The molecule has 0 N–H and O–H groups in total. The van der Waals surface area contributed by atoms with Gasteiger partial charge in [0.1, 0.15) is 5.78 Å². The predicted molar refractivity (Wildman–Crippen MR) is 159 cm³/mol. The maximum atomic E-state index is 13.7. The Hall–Kier alpha value is -0.0394. The standard InChI is InChI=1S/C26H58O10Si3/c1-11-18-25(27)26(19-12-15-22-37(28-2,29-3)30-4,20-13-16-23-38(31-5,32-6)33-7)21-14-17-24-39(34-8,35-9)36-10/h11-24H2,1-10H3. The molecule has 0 radical (unpaired) electrons. The second-order valence-electron chi connectivity index (χ2n) is 9.96. The van der Waals surface area contributed by atoms with Gasteiger partial charge in [0.2, 0.25) is 0 Å². The van der Waals surface area contributed by atoms with Gasteiger partial charge >= 0.3 is 26.4 Å². The second-order valence-corrected chi connectivity index (χ2v) is 19.2. The van der Waals surface area contributed by atoms with Crippen LogP contribution in [0.15, 0.2) is 0 Å². The van der Waals surface area contributed by atoms with Crippen LogP contribution in [-0.4, -0.2) is 96.2 Å². The number of rotatable bonds is 27. The van der Waals surface area contributed by atoms with Crippen LogP contribution in [0.1, 0.15) is 77.6 Å². The first-order valence-corrected chi connectivity index (χ1v) is 19.9. The number of carbonyl (C=O) groups is 1. The maximum absolute atomic E-state index is 13.7. The van der Waals surface area contributed by atoms with Gasteiger partial charge in [-0.2, -0.15) is 0 Å². The van der Waals surface area contributed by atoms with Crippen molar-refractivity contribution in [3.63, 3.8) is 0 Å². The average Bonchev–Trinajstić information content (AvgIpc) is 2.98. The van der Waals surface area contributed by atoms with Gasteiger partial charge in [-0.15, -0.1) is 0 Å². The Morgan fingerprint density at radius 2 is 0.744 bits per heavy atom. The van der Waals surface area contributed by atoms with Crippen molar-refractivity contribution in [2.75, 3.05) is 64.0 Å². The van der Waals surface area contributed by atoms with Gasteiger partial charge in [-0.25, -0.2) is 0 Å². The van der Waals surface area contributed by atoms with Crippen molar-refractivity contribution < 1.29 is 44.6 Å². The summed E-state index contributed by atoms with van der Waals surface area (Å²) in [7, 11) is 6.82. The van der Waals surface area contributed by atoms with Crippen LogP contribution in [0.5, 0.6) is 0 Å². The van der Waals surface area contributed by atoms with E-state index in [1.165, 1.54) is 0 Å². The molecule has 0 unspecified atom stereocenters. The van der Waals surface area contributed by atoms with E-state index in [1.807, 2.05) is 0 Å². The fraction of sp³-hybridized carbons (Fsp3) is 0.962. The van der Waals surface area contributed by atoms with Crippen molar-refractivity contribution in [2.45, 2.75) is 95.7 Å². The Balaban J connectivity index is 5.64. The third-order valence-electron chi connectivity index (χ3n) is 8.03. The Labute approximate surface area is 241 Å². The van der Waals surface area contributed by atoms with Crippen LogP contribution in [0.4, 0.5) is 0 Å². The SMILES string of the molecule is CCCC(=O)C(CCCC[Si](OC)(OC)OC)(CCCC[Si](OC)(OC)OC)CCCC[Si](OC)(OC)OC. The van der Waals surface area contributed by atoms with E-state index in [9.17, 15) is 4.79 Å². The van der Waals surface area contributed by atoms with Crippen molar-refractivity contribution >= 4 is 32.2 Å². The molecule has 0 bridgehead atoms. The van der Waals surface area contributed by atoms with Gasteiger partial charge in [-0.3, -0.25) is 4.79 Å². The van der Waals surface area contributed by atoms with E-state index in [-0.39, 0.29) is 5.41 Å². The maximum Gasteiger partial charge on any atom is 0.500 e. The summed E-state index contributed by atoms with van der Waals surface area (Å²) in [4.78, 5) is 13.7. The number of hydrogen-bond donors (Lipinski definition) is 0. The van der Waals surface area contributed by atoms with Crippen molar-refractivity contribution in [3.8, 4) is 0 Å². The van der Waals surface area contributed by atoms with Crippen LogP contribution < -0.4 is 0 Å². The van der Waals surface area contributed by atoms with E-state index in [0.717, 1.165) is 82.3 Å². The first-order chi connectivity index (χ1) is 18.6. The van der Waals surface area contributed by atoms with Crippen molar-refractivity contribution in [3.05, 3.63) is 0 Å². The van der Waals surface area contributed by atoms with E-state index >= 15 is 0 Å². The zero-order valence-corrected chi connectivity index (χ0v) is 29.5. The lowest BCUT2D eigenvalue weighted by molar-refractivity contribution is -0.130. The number of Topliss-reactive ketones (excluding diaryl/α,β-unsaturated/α-hetero) is 1. The monoisotopic (exact) mass is 614 g/mol. The fourth-order valence-electron chi connectivity index (χ4n) is 5.37. The highest BCUT2D eigenvalue weighted by Gasteiger charge is 2.41. The average molecular weight is 615 g/mol. The third-order valence-corrected chi connectivity index (χ3v) is 16.5. The molecule has 0 heterocycles. The van der Waals surface area contributed by atoms with Gasteiger partial charge in [-0.1, -0.05) is 26.2 Å². The van der Waals surface area contributed by atoms with E-state index < -0.39 is 26.4 Å². The molecular weight excluding hydrogens is 557 g/mol. The minimum atomic E-state index is -2.65. The van der Waals surface area contributed by atoms with Crippen molar-refractivity contribution in [1.82, 2.24) is 0 Å². The van der Waals surface area contributed by atoms with Gasteiger partial charge < -0.3 is 39.8 Å². The molecule has 0 aromatic heterocycles. The van der Waals surface area contributed by atoms with Crippen LogP contribution >= 0.6 is 0 Å². The summed E-state index contributed by atoms with van der Waals surface area (Å²) in [5, 5.41) is 0. The molecule has 13 heteroatoms. The van der Waals surface area contributed by atoms with Crippen LogP contribution in [0.3, 0.4) is 0 Å². The molecule has 39 heavy (non-hydrogen) atoms. The molecule has 0 aliphatic rings. The minimum absolute atomic E-state index is 0.362. The Morgan fingerprint density at radius 3 is 0.949 bits per heavy atom. The molecule has 0 fully saturated rings. The zero-order valence-electron chi connectivity index (χ0n) is 26.5. The summed E-state index contributed by atoms with van der Waals surface area (Å²) in [5.74, 6) is 0.362. The van der Waals surface area contributed by atoms with Gasteiger partial charge in [-0.05, 0) is 44.9 Å². The highest BCUT2D eigenvalue weighted by Crippen LogP contribution is 2.40. The first-order valence-electron chi connectivity index (χ1n) is 14.1. The van der Waals surface area contributed by atoms with Crippen LogP contribution in [0.25, 0.3) is 0 Å². The van der Waals surface area contributed by atoms with E-state index in [0.29, 0.717) is 12.2 Å². The Morgan fingerprint density at radius 1 is 0.487 bits per heavy atom. The molecule has 0 aliphatic carbocycles. The summed E-state index contributed by atoms with van der Waals surface area (Å²) >= 11 is 0. The number of ketones is 1. The molecule has 0 amide bonds. The zero-order chi connectivity index (χ0) is 29.8. The first kappa shape index (κ1) is 39.0. The summed E-state index contributed by atoms with van der Waals surface area (Å²) in [6.45, 7) is 2.07. The number of hydrogen-bond acceptors (Lipinski definition) is 10. The number of carbonyl (C=O) groups excluding carboxylic acids is 1. The van der Waals surface area contributed by atoms with Gasteiger partial charge in [0, 0.05) is 94.0 Å². The highest BCUT2D eigenvalue weighted by atomic mass is 28.4. The van der Waals surface area contributed by atoms with E-state index in [4.69, 9.17) is 39.8 Å². The molecule has 0 rings (SSSR count). The fourth-order valence-corrected chi connectivity index (χ4v) is 10.8.